The highest BCUT2D eigenvalue weighted by Crippen LogP contribution is 2.28. The van der Waals surface area contributed by atoms with Crippen LogP contribution in [0.4, 0.5) is 13.2 Å². The van der Waals surface area contributed by atoms with E-state index in [-0.39, 0.29) is 6.54 Å². The van der Waals surface area contributed by atoms with Gasteiger partial charge in [0, 0.05) is 11.4 Å². The monoisotopic (exact) mass is 353 g/mol. The molecule has 0 unspecified atom stereocenters. The van der Waals surface area contributed by atoms with Crippen LogP contribution >= 0.6 is 11.3 Å². The smallest absolute Gasteiger partial charge is 0.390 e. The van der Waals surface area contributed by atoms with Gasteiger partial charge in [0.1, 0.15) is 5.76 Å². The largest absolute Gasteiger partial charge is 0.464 e. The molecule has 0 saturated carbocycles. The Morgan fingerprint density at radius 3 is 2.64 bits per heavy atom. The molecule has 2 aromatic rings. The summed E-state index contributed by atoms with van der Waals surface area (Å²) in [5.41, 5.74) is 0. The summed E-state index contributed by atoms with van der Waals surface area (Å²) in [6, 6.07) is 7.28. The van der Waals surface area contributed by atoms with Crippen molar-refractivity contribution >= 4 is 21.4 Å². The van der Waals surface area contributed by atoms with Gasteiger partial charge < -0.3 is 4.42 Å². The molecule has 122 valence electrons. The van der Waals surface area contributed by atoms with Gasteiger partial charge >= 0.3 is 6.18 Å². The second-order valence-corrected chi connectivity index (χ2v) is 7.67. The first kappa shape index (κ1) is 17.0. The fourth-order valence-electron chi connectivity index (χ4n) is 1.72. The summed E-state index contributed by atoms with van der Waals surface area (Å²) in [7, 11) is -3.91. The lowest BCUT2D eigenvalue weighted by Crippen LogP contribution is -2.30. The molecule has 2 aromatic heterocycles. The van der Waals surface area contributed by atoms with Crippen LogP contribution in [-0.2, 0) is 16.4 Å². The molecule has 22 heavy (non-hydrogen) atoms. The lowest BCUT2D eigenvalue weighted by molar-refractivity contribution is -0.129. The fraction of sp³-hybridized carbons (Fsp3) is 0.385. The predicted octanol–water partition coefficient (Wildman–Crippen LogP) is 3.42. The third kappa shape index (κ3) is 5.47. The number of halogens is 3. The van der Waals surface area contributed by atoms with E-state index in [1.54, 1.807) is 12.3 Å². The lowest BCUT2D eigenvalue weighted by atomic mass is 10.3. The summed E-state index contributed by atoms with van der Waals surface area (Å²) in [6.45, 7) is 0.0678. The van der Waals surface area contributed by atoms with Crippen LogP contribution in [0.1, 0.15) is 11.3 Å². The van der Waals surface area contributed by atoms with Crippen molar-refractivity contribution in [2.45, 2.75) is 19.0 Å². The second kappa shape index (κ2) is 6.84. The number of furan rings is 1. The second-order valence-electron chi connectivity index (χ2n) is 4.57. The van der Waals surface area contributed by atoms with Crippen molar-refractivity contribution in [1.29, 1.82) is 0 Å². The minimum absolute atomic E-state index is 0.0678. The number of hydrogen-bond acceptors (Lipinski definition) is 4. The van der Waals surface area contributed by atoms with Crippen molar-refractivity contribution in [3.63, 3.8) is 0 Å². The zero-order chi connectivity index (χ0) is 16.2. The quantitative estimate of drug-likeness (QED) is 0.830. The molecule has 0 aliphatic heterocycles. The Hall–Kier alpha value is -1.32. The highest BCUT2D eigenvalue weighted by Gasteiger charge is 2.29. The zero-order valence-electron chi connectivity index (χ0n) is 11.4. The average molecular weight is 353 g/mol. The van der Waals surface area contributed by atoms with Crippen molar-refractivity contribution in [3.05, 3.63) is 35.4 Å². The van der Waals surface area contributed by atoms with E-state index >= 15 is 0 Å². The van der Waals surface area contributed by atoms with E-state index in [1.165, 1.54) is 11.3 Å². The van der Waals surface area contributed by atoms with Gasteiger partial charge in [-0.1, -0.05) is 0 Å². The summed E-state index contributed by atoms with van der Waals surface area (Å²) in [5.74, 6) is -0.222. The molecule has 0 fully saturated rings. The summed E-state index contributed by atoms with van der Waals surface area (Å²) in [5, 5.41) is 0. The first-order valence-electron chi connectivity index (χ1n) is 6.42. The molecule has 2 heterocycles. The van der Waals surface area contributed by atoms with E-state index in [1.807, 2.05) is 18.2 Å². The summed E-state index contributed by atoms with van der Waals surface area (Å²) >= 11 is 1.45. The Bertz CT molecular complexity index is 690. The molecule has 0 aromatic carbocycles. The van der Waals surface area contributed by atoms with E-state index < -0.39 is 28.4 Å². The Labute approximate surface area is 130 Å². The molecule has 4 nitrogen and oxygen atoms in total. The number of thiophene rings is 1. The van der Waals surface area contributed by atoms with E-state index in [4.69, 9.17) is 4.42 Å². The van der Waals surface area contributed by atoms with Crippen LogP contribution in [0, 0.1) is 0 Å². The highest BCUT2D eigenvalue weighted by molar-refractivity contribution is 7.89. The molecule has 1 N–H and O–H groups in total. The topological polar surface area (TPSA) is 59.3 Å². The van der Waals surface area contributed by atoms with Crippen LogP contribution in [0.25, 0.3) is 10.6 Å². The molecular formula is C13H14F3NO3S2. The molecule has 0 aliphatic carbocycles. The Balaban J connectivity index is 1.81. The van der Waals surface area contributed by atoms with Gasteiger partial charge in [0.05, 0.1) is 23.3 Å². The molecule has 0 amide bonds. The van der Waals surface area contributed by atoms with Crippen LogP contribution in [0.5, 0.6) is 0 Å². The Morgan fingerprint density at radius 2 is 2.00 bits per heavy atom. The number of sulfonamides is 1. The number of nitrogens with one attached hydrogen (secondary N) is 1. The van der Waals surface area contributed by atoms with Crippen molar-refractivity contribution in [2.24, 2.45) is 0 Å². The van der Waals surface area contributed by atoms with Crippen LogP contribution < -0.4 is 4.72 Å². The van der Waals surface area contributed by atoms with Gasteiger partial charge in [0.25, 0.3) is 0 Å². The van der Waals surface area contributed by atoms with Crippen molar-refractivity contribution in [2.75, 3.05) is 12.3 Å². The van der Waals surface area contributed by atoms with Crippen molar-refractivity contribution in [3.8, 4) is 10.6 Å². The maximum Gasteiger partial charge on any atom is 0.390 e. The van der Waals surface area contributed by atoms with E-state index in [0.717, 1.165) is 15.5 Å². The minimum Gasteiger partial charge on any atom is -0.464 e. The van der Waals surface area contributed by atoms with Crippen LogP contribution in [0.2, 0.25) is 0 Å². The summed E-state index contributed by atoms with van der Waals surface area (Å²) < 4.78 is 66.3. The lowest BCUT2D eigenvalue weighted by Gasteiger charge is -2.08. The average Bonchev–Trinajstić information content (AvgIpc) is 3.06. The molecular weight excluding hydrogens is 339 g/mol. The molecule has 0 saturated heterocycles. The predicted molar refractivity (Wildman–Crippen MR) is 78.2 cm³/mol. The third-order valence-electron chi connectivity index (χ3n) is 2.77. The molecule has 9 heteroatoms. The fourth-order valence-corrected chi connectivity index (χ4v) is 3.75. The van der Waals surface area contributed by atoms with Gasteiger partial charge in [-0.15, -0.1) is 11.3 Å². The SMILES string of the molecule is O=S(=O)(CCC(F)(F)F)NCCc1ccc(-c2ccco2)s1. The zero-order valence-corrected chi connectivity index (χ0v) is 13.0. The number of rotatable bonds is 7. The van der Waals surface area contributed by atoms with E-state index in [2.05, 4.69) is 4.72 Å². The van der Waals surface area contributed by atoms with E-state index in [9.17, 15) is 21.6 Å². The first-order valence-corrected chi connectivity index (χ1v) is 8.89. The maximum atomic E-state index is 12.0. The molecule has 0 atom stereocenters. The van der Waals surface area contributed by atoms with Crippen molar-refractivity contribution < 1.29 is 26.0 Å². The Morgan fingerprint density at radius 1 is 1.23 bits per heavy atom. The van der Waals surface area contributed by atoms with Gasteiger partial charge in [-0.3, -0.25) is 0 Å². The number of hydrogen-bond donors (Lipinski definition) is 1. The van der Waals surface area contributed by atoms with Gasteiger partial charge in [-0.25, -0.2) is 13.1 Å². The Kier molecular flexibility index (Phi) is 5.30. The van der Waals surface area contributed by atoms with Crippen LogP contribution in [0.3, 0.4) is 0 Å². The molecule has 0 spiro atoms. The van der Waals surface area contributed by atoms with Gasteiger partial charge in [0.2, 0.25) is 10.0 Å². The van der Waals surface area contributed by atoms with Crippen LogP contribution in [0.15, 0.2) is 34.9 Å². The normalized spacial score (nSPS) is 12.7. The van der Waals surface area contributed by atoms with Crippen molar-refractivity contribution in [1.82, 2.24) is 4.72 Å². The number of alkyl halides is 3. The summed E-state index contributed by atoms with van der Waals surface area (Å²) in [6.07, 6.45) is -3.84. The standard InChI is InChI=1S/C13H14F3NO3S2/c14-13(15,16)6-9-22(18,19)17-7-5-10-3-4-12(21-10)11-2-1-8-20-11/h1-4,8,17H,5-7,9H2. The van der Waals surface area contributed by atoms with Gasteiger partial charge in [0.15, 0.2) is 0 Å². The van der Waals surface area contributed by atoms with E-state index in [0.29, 0.717) is 6.42 Å². The first-order chi connectivity index (χ1) is 10.3. The van der Waals surface area contributed by atoms with Gasteiger partial charge in [-0.2, -0.15) is 13.2 Å². The van der Waals surface area contributed by atoms with Crippen LogP contribution in [-0.4, -0.2) is 26.9 Å². The molecule has 2 rings (SSSR count). The molecule has 0 radical (unpaired) electrons. The third-order valence-corrected chi connectivity index (χ3v) is 5.32. The molecule has 0 aliphatic rings. The highest BCUT2D eigenvalue weighted by atomic mass is 32.2. The maximum absolute atomic E-state index is 12.0. The minimum atomic E-state index is -4.47. The summed E-state index contributed by atoms with van der Waals surface area (Å²) in [4.78, 5) is 1.84. The van der Waals surface area contributed by atoms with Gasteiger partial charge in [-0.05, 0) is 30.7 Å². The molecule has 0 bridgehead atoms.